The van der Waals surface area contributed by atoms with Gasteiger partial charge in [-0.25, -0.2) is 0 Å². The van der Waals surface area contributed by atoms with E-state index in [9.17, 15) is 9.59 Å². The lowest BCUT2D eigenvalue weighted by atomic mass is 10.0. The molecule has 0 aliphatic carbocycles. The second-order valence-electron chi connectivity index (χ2n) is 14.5. The molecule has 0 spiro atoms. The minimum atomic E-state index is 0.105. The number of carbonyl (C=O) groups is 2. The van der Waals surface area contributed by atoms with E-state index in [1.165, 1.54) is 216 Å². The molecule has 0 heterocycles. The van der Waals surface area contributed by atoms with Crippen molar-refractivity contribution >= 4 is 33.8 Å². The van der Waals surface area contributed by atoms with Crippen LogP contribution in [0.2, 0.25) is 0 Å². The number of hydrogen-bond donors (Lipinski definition) is 0. The van der Waals surface area contributed by atoms with E-state index in [-0.39, 0.29) is 10.2 Å². The first kappa shape index (κ1) is 45.3. The van der Waals surface area contributed by atoms with Gasteiger partial charge in [0.1, 0.15) is 0 Å². The van der Waals surface area contributed by atoms with Crippen molar-refractivity contribution < 1.29 is 9.59 Å². The Morgan fingerprint density at radius 3 is 0.854 bits per heavy atom. The smallest absolute Gasteiger partial charge is 0.219 e. The summed E-state index contributed by atoms with van der Waals surface area (Å²) in [6, 6.07) is 7.40. The summed E-state index contributed by atoms with van der Waals surface area (Å²) in [7, 11) is 0. The molecule has 1 rings (SSSR count). The molecule has 0 atom stereocenters. The molecular formula is C44H78O2S2. The molecule has 0 radical (unpaired) electrons. The van der Waals surface area contributed by atoms with Crippen LogP contribution >= 0.6 is 23.5 Å². The van der Waals surface area contributed by atoms with E-state index in [1.807, 2.05) is 24.3 Å². The minimum absolute atomic E-state index is 0.105. The normalized spacial score (nSPS) is 11.4. The summed E-state index contributed by atoms with van der Waals surface area (Å²) >= 11 is 2.84. The van der Waals surface area contributed by atoms with Crippen molar-refractivity contribution in [3.05, 3.63) is 35.4 Å². The van der Waals surface area contributed by atoms with Gasteiger partial charge in [-0.2, -0.15) is 0 Å². The maximum atomic E-state index is 12.8. The molecule has 4 heteroatoms. The third-order valence-corrected chi connectivity index (χ3v) is 11.8. The summed E-state index contributed by atoms with van der Waals surface area (Å²) in [6.45, 7) is 4.57. The zero-order chi connectivity index (χ0) is 34.6. The van der Waals surface area contributed by atoms with Gasteiger partial charge in [-0.3, -0.25) is 9.59 Å². The van der Waals surface area contributed by atoms with Crippen LogP contribution in [-0.4, -0.2) is 21.7 Å². The van der Waals surface area contributed by atoms with Crippen LogP contribution in [0.4, 0.5) is 0 Å². The number of thioether (sulfide) groups is 2. The highest BCUT2D eigenvalue weighted by molar-refractivity contribution is 8.14. The Morgan fingerprint density at radius 1 is 0.375 bits per heavy atom. The first-order chi connectivity index (χ1) is 23.7. The number of benzene rings is 1. The summed E-state index contributed by atoms with van der Waals surface area (Å²) in [5.74, 6) is 1.76. The van der Waals surface area contributed by atoms with Crippen molar-refractivity contribution in [2.24, 2.45) is 0 Å². The van der Waals surface area contributed by atoms with Gasteiger partial charge < -0.3 is 0 Å². The molecule has 0 bridgehead atoms. The predicted octanol–water partition coefficient (Wildman–Crippen LogP) is 16.0. The fourth-order valence-corrected chi connectivity index (χ4v) is 8.22. The highest BCUT2D eigenvalue weighted by atomic mass is 32.2. The SMILES string of the molecule is CCCCCCCCCCCCCCCCCCSC(=O)c1cccc(C(=O)SCCCCCCCCCCCCCCCCCC)c1. The Bertz CT molecular complexity index is 789. The molecule has 0 unspecified atom stereocenters. The van der Waals surface area contributed by atoms with E-state index in [4.69, 9.17) is 0 Å². The van der Waals surface area contributed by atoms with Crippen LogP contribution in [0.15, 0.2) is 24.3 Å². The first-order valence-electron chi connectivity index (χ1n) is 21.1. The van der Waals surface area contributed by atoms with Crippen LogP contribution < -0.4 is 0 Å². The Morgan fingerprint density at radius 2 is 0.604 bits per heavy atom. The van der Waals surface area contributed by atoms with Crippen LogP contribution in [0.1, 0.15) is 240 Å². The molecule has 0 aliphatic rings. The number of rotatable bonds is 36. The van der Waals surface area contributed by atoms with E-state index < -0.39 is 0 Å². The average molecular weight is 703 g/mol. The van der Waals surface area contributed by atoms with E-state index in [1.54, 1.807) is 0 Å². The molecule has 2 nitrogen and oxygen atoms in total. The minimum Gasteiger partial charge on any atom is -0.282 e. The molecule has 0 saturated carbocycles. The molecule has 0 aromatic heterocycles. The molecule has 1 aromatic carbocycles. The van der Waals surface area contributed by atoms with Gasteiger partial charge in [0, 0.05) is 22.6 Å². The largest absolute Gasteiger partial charge is 0.282 e. The van der Waals surface area contributed by atoms with Gasteiger partial charge in [-0.05, 0) is 18.9 Å². The molecule has 48 heavy (non-hydrogen) atoms. The molecule has 0 fully saturated rings. The van der Waals surface area contributed by atoms with Crippen molar-refractivity contribution in [3.8, 4) is 0 Å². The van der Waals surface area contributed by atoms with Crippen LogP contribution in [0.3, 0.4) is 0 Å². The molecule has 0 aliphatic heterocycles. The van der Waals surface area contributed by atoms with E-state index in [2.05, 4.69) is 13.8 Å². The lowest BCUT2D eigenvalue weighted by molar-refractivity contribution is 0.108. The maximum absolute atomic E-state index is 12.8. The third-order valence-electron chi connectivity index (χ3n) is 9.80. The Balaban J connectivity index is 1.95. The van der Waals surface area contributed by atoms with E-state index in [0.29, 0.717) is 11.1 Å². The van der Waals surface area contributed by atoms with Gasteiger partial charge in [0.05, 0.1) is 0 Å². The Kier molecular flexibility index (Phi) is 34.0. The summed E-state index contributed by atoms with van der Waals surface area (Å²) in [4.78, 5) is 25.5. The molecule has 0 N–H and O–H groups in total. The Labute approximate surface area is 308 Å². The first-order valence-corrected chi connectivity index (χ1v) is 23.1. The highest BCUT2D eigenvalue weighted by Gasteiger charge is 2.11. The van der Waals surface area contributed by atoms with Crippen molar-refractivity contribution in [1.82, 2.24) is 0 Å². The summed E-state index contributed by atoms with van der Waals surface area (Å²) in [6.07, 6.45) is 43.7. The van der Waals surface area contributed by atoms with Crippen LogP contribution in [0.5, 0.6) is 0 Å². The van der Waals surface area contributed by atoms with Crippen molar-refractivity contribution in [1.29, 1.82) is 0 Å². The monoisotopic (exact) mass is 703 g/mol. The van der Waals surface area contributed by atoms with Gasteiger partial charge in [-0.1, -0.05) is 248 Å². The summed E-state index contributed by atoms with van der Waals surface area (Å²) in [5, 5.41) is 0.210. The lowest BCUT2D eigenvalue weighted by Gasteiger charge is -2.06. The quantitative estimate of drug-likeness (QED) is 0.0652. The van der Waals surface area contributed by atoms with E-state index in [0.717, 1.165) is 24.3 Å². The third kappa shape index (κ3) is 29.0. The highest BCUT2D eigenvalue weighted by Crippen LogP contribution is 2.21. The topological polar surface area (TPSA) is 34.1 Å². The van der Waals surface area contributed by atoms with E-state index >= 15 is 0 Å². The number of carbonyl (C=O) groups excluding carboxylic acids is 2. The fraction of sp³-hybridized carbons (Fsp3) is 0.818. The number of hydrogen-bond acceptors (Lipinski definition) is 4. The van der Waals surface area contributed by atoms with Gasteiger partial charge in [0.2, 0.25) is 10.2 Å². The van der Waals surface area contributed by atoms with Crippen molar-refractivity contribution in [2.75, 3.05) is 11.5 Å². The predicted molar refractivity (Wildman–Crippen MR) is 219 cm³/mol. The molecule has 278 valence electrons. The Hall–Kier alpha value is -0.740. The molecular weight excluding hydrogens is 625 g/mol. The molecule has 0 amide bonds. The lowest BCUT2D eigenvalue weighted by Crippen LogP contribution is -2.00. The summed E-state index contributed by atoms with van der Waals surface area (Å²) in [5.41, 5.74) is 1.34. The fourth-order valence-electron chi connectivity index (χ4n) is 6.57. The second-order valence-corrected chi connectivity index (χ2v) is 16.6. The van der Waals surface area contributed by atoms with Crippen LogP contribution in [-0.2, 0) is 0 Å². The second kappa shape index (κ2) is 36.1. The van der Waals surface area contributed by atoms with Gasteiger partial charge in [-0.15, -0.1) is 0 Å². The van der Waals surface area contributed by atoms with Crippen molar-refractivity contribution in [3.63, 3.8) is 0 Å². The average Bonchev–Trinajstić information content (AvgIpc) is 3.10. The van der Waals surface area contributed by atoms with Crippen LogP contribution in [0, 0.1) is 0 Å². The maximum Gasteiger partial charge on any atom is 0.219 e. The number of unbranched alkanes of at least 4 members (excludes halogenated alkanes) is 30. The van der Waals surface area contributed by atoms with Crippen LogP contribution in [0.25, 0.3) is 0 Å². The van der Waals surface area contributed by atoms with Gasteiger partial charge in [0.25, 0.3) is 0 Å². The molecule has 1 aromatic rings. The van der Waals surface area contributed by atoms with Gasteiger partial charge >= 0.3 is 0 Å². The standard InChI is InChI=1S/C44H78O2S2/c1-3-5-7-9-11-13-15-17-19-21-23-25-27-29-31-33-38-47-43(45)41-36-35-37-42(40-41)44(46)48-39-34-32-30-28-26-24-22-20-18-16-14-12-10-8-6-4-2/h35-37,40H,3-34,38-39H2,1-2H3. The molecule has 0 saturated heterocycles. The zero-order valence-electron chi connectivity index (χ0n) is 32.0. The summed E-state index contributed by atoms with van der Waals surface area (Å²) < 4.78 is 0. The van der Waals surface area contributed by atoms with Crippen molar-refractivity contribution in [2.45, 2.75) is 219 Å². The zero-order valence-corrected chi connectivity index (χ0v) is 33.6. The van der Waals surface area contributed by atoms with Gasteiger partial charge in [0.15, 0.2) is 0 Å².